The quantitative estimate of drug-likeness (QED) is 0.835. The Morgan fingerprint density at radius 2 is 2.06 bits per heavy atom. The van der Waals surface area contributed by atoms with Crippen LogP contribution >= 0.6 is 23.2 Å². The molecule has 0 saturated heterocycles. The smallest absolute Gasteiger partial charge is 0.267 e. The van der Waals surface area contributed by atoms with E-state index < -0.39 is 17.9 Å². The van der Waals surface area contributed by atoms with Gasteiger partial charge in [-0.2, -0.15) is 0 Å². The largest absolute Gasteiger partial charge is 0.368 e. The van der Waals surface area contributed by atoms with Crippen LogP contribution < -0.4 is 5.73 Å². The third-order valence-corrected chi connectivity index (χ3v) is 3.19. The van der Waals surface area contributed by atoms with Gasteiger partial charge >= 0.3 is 0 Å². The Balaban J connectivity index is 2.84. The highest BCUT2D eigenvalue weighted by atomic mass is 35.5. The molecule has 2 N–H and O–H groups in total. The molecule has 6 heteroatoms. The summed E-state index contributed by atoms with van der Waals surface area (Å²) >= 11 is 11.5. The van der Waals surface area contributed by atoms with E-state index in [2.05, 4.69) is 0 Å². The van der Waals surface area contributed by atoms with Crippen molar-refractivity contribution in [3.8, 4) is 0 Å². The lowest BCUT2D eigenvalue weighted by Crippen LogP contribution is -2.46. The number of rotatable bonds is 4. The fraction of sp³-hybridized carbons (Fsp3) is 0.600. The number of carbonyl (C=O) groups excluding carboxylic acids is 2. The third-order valence-electron chi connectivity index (χ3n) is 2.40. The van der Waals surface area contributed by atoms with E-state index in [-0.39, 0.29) is 22.5 Å². The van der Waals surface area contributed by atoms with Gasteiger partial charge in [0.1, 0.15) is 11.1 Å². The van der Waals surface area contributed by atoms with E-state index in [1.807, 2.05) is 13.8 Å². The fourth-order valence-electron chi connectivity index (χ4n) is 1.63. The highest BCUT2D eigenvalue weighted by Gasteiger charge is 2.36. The van der Waals surface area contributed by atoms with Gasteiger partial charge in [0.25, 0.3) is 5.91 Å². The number of hydrogen-bond acceptors (Lipinski definition) is 2. The van der Waals surface area contributed by atoms with Crippen molar-refractivity contribution in [1.82, 2.24) is 4.90 Å². The molecule has 0 fully saturated rings. The van der Waals surface area contributed by atoms with Crippen LogP contribution in [0.4, 0.5) is 0 Å². The zero-order valence-corrected chi connectivity index (χ0v) is 10.7. The molecule has 16 heavy (non-hydrogen) atoms. The molecule has 0 unspecified atom stereocenters. The molecule has 1 heterocycles. The molecule has 1 aliphatic heterocycles. The lowest BCUT2D eigenvalue weighted by atomic mass is 10.0. The molecule has 4 nitrogen and oxygen atoms in total. The molecule has 2 amide bonds. The minimum atomic E-state index is -0.641. The van der Waals surface area contributed by atoms with Crippen molar-refractivity contribution in [3.05, 3.63) is 10.1 Å². The van der Waals surface area contributed by atoms with Gasteiger partial charge in [-0.15, -0.1) is 0 Å². The van der Waals surface area contributed by atoms with Crippen LogP contribution in [-0.2, 0) is 9.59 Å². The summed E-state index contributed by atoms with van der Waals surface area (Å²) in [4.78, 5) is 24.3. The van der Waals surface area contributed by atoms with Crippen LogP contribution in [0.25, 0.3) is 0 Å². The average molecular weight is 265 g/mol. The van der Waals surface area contributed by atoms with Gasteiger partial charge in [-0.3, -0.25) is 9.59 Å². The summed E-state index contributed by atoms with van der Waals surface area (Å²) < 4.78 is 0. The minimum absolute atomic E-state index is 0.0170. The number of amides is 2. The SMILES string of the molecule is CC(C)C[C@H](C(N)=O)N1CC(Cl)=C(Cl)C1=O. The maximum atomic E-state index is 11.7. The standard InChI is InChI=1S/C10H14Cl2N2O2/c1-5(2)3-7(9(13)15)14-4-6(11)8(12)10(14)16/h5,7H,3-4H2,1-2H3,(H2,13,15)/t7-/m1/s1. The molecule has 0 bridgehead atoms. The summed E-state index contributed by atoms with van der Waals surface area (Å²) in [6.07, 6.45) is 0.509. The van der Waals surface area contributed by atoms with Crippen LogP contribution in [0.2, 0.25) is 0 Å². The summed E-state index contributed by atoms with van der Waals surface area (Å²) in [7, 11) is 0. The molecule has 0 radical (unpaired) electrons. The van der Waals surface area contributed by atoms with E-state index in [0.717, 1.165) is 0 Å². The minimum Gasteiger partial charge on any atom is -0.368 e. The van der Waals surface area contributed by atoms with Crippen molar-refractivity contribution in [3.63, 3.8) is 0 Å². The highest BCUT2D eigenvalue weighted by molar-refractivity contribution is 6.49. The third kappa shape index (κ3) is 2.68. The first-order valence-electron chi connectivity index (χ1n) is 4.99. The van der Waals surface area contributed by atoms with Gasteiger partial charge in [0.15, 0.2) is 0 Å². The summed E-state index contributed by atoms with van der Waals surface area (Å²) in [5.74, 6) is -0.697. The second kappa shape index (κ2) is 5.06. The highest BCUT2D eigenvalue weighted by Crippen LogP contribution is 2.28. The first-order valence-corrected chi connectivity index (χ1v) is 5.74. The topological polar surface area (TPSA) is 63.4 Å². The zero-order valence-electron chi connectivity index (χ0n) is 9.17. The molecule has 0 aromatic rings. The van der Waals surface area contributed by atoms with E-state index in [1.54, 1.807) is 0 Å². The number of primary amides is 1. The van der Waals surface area contributed by atoms with E-state index in [0.29, 0.717) is 6.42 Å². The van der Waals surface area contributed by atoms with Gasteiger partial charge in [-0.05, 0) is 12.3 Å². The molecule has 0 aliphatic carbocycles. The molecule has 1 rings (SSSR count). The van der Waals surface area contributed by atoms with Crippen molar-refractivity contribution < 1.29 is 9.59 Å². The van der Waals surface area contributed by atoms with Crippen LogP contribution in [0.15, 0.2) is 10.1 Å². The van der Waals surface area contributed by atoms with E-state index in [9.17, 15) is 9.59 Å². The number of carbonyl (C=O) groups is 2. The Labute approximate surface area is 104 Å². The van der Waals surface area contributed by atoms with Crippen LogP contribution in [0.3, 0.4) is 0 Å². The van der Waals surface area contributed by atoms with Gasteiger partial charge in [-0.1, -0.05) is 37.0 Å². The van der Waals surface area contributed by atoms with Crippen LogP contribution in [0.1, 0.15) is 20.3 Å². The average Bonchev–Trinajstić information content (AvgIpc) is 2.42. The maximum Gasteiger partial charge on any atom is 0.267 e. The number of hydrogen-bond donors (Lipinski definition) is 1. The normalized spacial score (nSPS) is 18.6. The summed E-state index contributed by atoms with van der Waals surface area (Å²) in [6.45, 7) is 4.07. The Morgan fingerprint density at radius 1 is 1.50 bits per heavy atom. The molecule has 90 valence electrons. The number of halogens is 2. The number of nitrogens with two attached hydrogens (primary N) is 1. The second-order valence-corrected chi connectivity index (χ2v) is 5.03. The lowest BCUT2D eigenvalue weighted by molar-refractivity contribution is -0.134. The molecular formula is C10H14Cl2N2O2. The monoisotopic (exact) mass is 264 g/mol. The zero-order chi connectivity index (χ0) is 12.5. The predicted octanol–water partition coefficient (Wildman–Crippen LogP) is 1.42. The van der Waals surface area contributed by atoms with Gasteiger partial charge in [0.05, 0.1) is 11.6 Å². The molecule has 1 atom stereocenters. The maximum absolute atomic E-state index is 11.7. The van der Waals surface area contributed by atoms with Gasteiger partial charge in [0, 0.05) is 0 Å². The van der Waals surface area contributed by atoms with Crippen molar-refractivity contribution in [2.24, 2.45) is 11.7 Å². The molecule has 1 aliphatic rings. The van der Waals surface area contributed by atoms with Gasteiger partial charge < -0.3 is 10.6 Å². The Kier molecular flexibility index (Phi) is 4.21. The van der Waals surface area contributed by atoms with Crippen molar-refractivity contribution in [2.75, 3.05) is 6.54 Å². The van der Waals surface area contributed by atoms with Crippen molar-refractivity contribution in [2.45, 2.75) is 26.3 Å². The number of nitrogens with zero attached hydrogens (tertiary/aromatic N) is 1. The molecule has 0 saturated carbocycles. The summed E-state index contributed by atoms with van der Waals surface area (Å²) in [5.41, 5.74) is 5.28. The second-order valence-electron chi connectivity index (χ2n) is 4.20. The Morgan fingerprint density at radius 3 is 2.38 bits per heavy atom. The first kappa shape index (κ1) is 13.3. The van der Waals surface area contributed by atoms with Gasteiger partial charge in [0.2, 0.25) is 5.91 Å². The first-order chi connectivity index (χ1) is 7.34. The van der Waals surface area contributed by atoms with Crippen LogP contribution in [0.5, 0.6) is 0 Å². The van der Waals surface area contributed by atoms with E-state index in [4.69, 9.17) is 28.9 Å². The molecule has 0 aromatic heterocycles. The van der Waals surface area contributed by atoms with Gasteiger partial charge in [-0.25, -0.2) is 0 Å². The summed E-state index contributed by atoms with van der Waals surface area (Å²) in [5, 5.41) is 0.248. The van der Waals surface area contributed by atoms with Crippen molar-refractivity contribution in [1.29, 1.82) is 0 Å². The van der Waals surface area contributed by atoms with Crippen molar-refractivity contribution >= 4 is 35.0 Å². The fourth-order valence-corrected chi connectivity index (χ4v) is 2.01. The van der Waals surface area contributed by atoms with E-state index >= 15 is 0 Å². The Bertz CT molecular complexity index is 353. The predicted molar refractivity (Wildman–Crippen MR) is 62.9 cm³/mol. The Hall–Kier alpha value is -0.740. The molecule has 0 spiro atoms. The lowest BCUT2D eigenvalue weighted by Gasteiger charge is -2.26. The van der Waals surface area contributed by atoms with E-state index in [1.165, 1.54) is 4.90 Å². The molecule has 0 aromatic carbocycles. The van der Waals surface area contributed by atoms with Crippen LogP contribution in [0, 0.1) is 5.92 Å². The van der Waals surface area contributed by atoms with Crippen LogP contribution in [-0.4, -0.2) is 29.3 Å². The summed E-state index contributed by atoms with van der Waals surface area (Å²) in [6, 6.07) is -0.641. The molecular weight excluding hydrogens is 251 g/mol.